The number of anilines is 2. The highest BCUT2D eigenvalue weighted by atomic mass is 79.9. The number of amides is 3. The number of halogens is 1. The van der Waals surface area contributed by atoms with Crippen LogP contribution in [-0.2, 0) is 14.4 Å². The maximum atomic E-state index is 13.0. The van der Waals surface area contributed by atoms with Crippen LogP contribution < -0.4 is 10.2 Å². The molecule has 3 aliphatic rings. The zero-order valence-electron chi connectivity index (χ0n) is 16.0. The molecule has 5 nitrogen and oxygen atoms in total. The summed E-state index contributed by atoms with van der Waals surface area (Å²) in [4.78, 5) is 39.5. The molecule has 6 heteroatoms. The van der Waals surface area contributed by atoms with Crippen molar-refractivity contribution in [2.75, 3.05) is 10.2 Å². The molecule has 3 amide bonds. The van der Waals surface area contributed by atoms with Crippen LogP contribution in [0.25, 0.3) is 6.08 Å². The van der Waals surface area contributed by atoms with Crippen LogP contribution in [0.4, 0.5) is 11.4 Å². The standard InChI is InChI=1S/C24H19BrN2O3/c25-17-7-9-18(10-8-17)26-20(28)11-4-14-2-1-3-19(12-14)27-23(29)21-15-5-6-16(13-15)22(21)24(27)30/h1-12,15-16,21-22H,13H2,(H,26,28)/b11-4+/t15-,16-,21-,22+/m0/s1. The van der Waals surface area contributed by atoms with Crippen LogP contribution in [0.15, 0.2) is 71.2 Å². The molecular weight excluding hydrogens is 444 g/mol. The van der Waals surface area contributed by atoms with Crippen LogP contribution in [0.2, 0.25) is 0 Å². The molecule has 1 saturated carbocycles. The van der Waals surface area contributed by atoms with E-state index < -0.39 is 0 Å². The minimum Gasteiger partial charge on any atom is -0.323 e. The lowest BCUT2D eigenvalue weighted by Gasteiger charge is -2.17. The zero-order valence-corrected chi connectivity index (χ0v) is 17.6. The van der Waals surface area contributed by atoms with Crippen LogP contribution in [-0.4, -0.2) is 17.7 Å². The molecule has 2 aromatic rings. The van der Waals surface area contributed by atoms with Gasteiger partial charge in [-0.25, -0.2) is 4.90 Å². The number of allylic oxidation sites excluding steroid dienone is 2. The molecular formula is C24H19BrN2O3. The second-order valence-corrected chi connectivity index (χ2v) is 8.85. The maximum absolute atomic E-state index is 13.0. The van der Waals surface area contributed by atoms with E-state index in [0.29, 0.717) is 11.4 Å². The van der Waals surface area contributed by atoms with Crippen LogP contribution in [0.5, 0.6) is 0 Å². The van der Waals surface area contributed by atoms with E-state index in [4.69, 9.17) is 0 Å². The van der Waals surface area contributed by atoms with Gasteiger partial charge in [0.15, 0.2) is 0 Å². The summed E-state index contributed by atoms with van der Waals surface area (Å²) in [6.45, 7) is 0. The molecule has 2 bridgehead atoms. The van der Waals surface area contributed by atoms with Crippen molar-refractivity contribution in [2.24, 2.45) is 23.7 Å². The molecule has 2 aliphatic carbocycles. The van der Waals surface area contributed by atoms with Gasteiger partial charge < -0.3 is 5.32 Å². The van der Waals surface area contributed by atoms with Crippen LogP contribution in [0.3, 0.4) is 0 Å². The number of hydrogen-bond donors (Lipinski definition) is 1. The summed E-state index contributed by atoms with van der Waals surface area (Å²) < 4.78 is 0.937. The van der Waals surface area contributed by atoms with Crippen LogP contribution >= 0.6 is 15.9 Å². The molecule has 1 heterocycles. The SMILES string of the molecule is O=C(/C=C/c1cccc(N2C(=O)[C@@H]3[C@H](C2=O)[C@H]2C=C[C@H]3C2)c1)Nc1ccc(Br)cc1. The molecule has 5 rings (SSSR count). The molecule has 30 heavy (non-hydrogen) atoms. The number of imide groups is 1. The van der Waals surface area contributed by atoms with Crippen molar-refractivity contribution in [3.63, 3.8) is 0 Å². The van der Waals surface area contributed by atoms with Crippen LogP contribution in [0.1, 0.15) is 12.0 Å². The summed E-state index contributed by atoms with van der Waals surface area (Å²) in [6, 6.07) is 14.5. The van der Waals surface area contributed by atoms with Crippen molar-refractivity contribution in [3.05, 3.63) is 76.8 Å². The van der Waals surface area contributed by atoms with Gasteiger partial charge in [0.25, 0.3) is 0 Å². The highest BCUT2D eigenvalue weighted by Crippen LogP contribution is 2.53. The smallest absolute Gasteiger partial charge is 0.248 e. The fourth-order valence-corrected chi connectivity index (χ4v) is 5.08. The molecule has 4 atom stereocenters. The van der Waals surface area contributed by atoms with E-state index in [0.717, 1.165) is 16.5 Å². The van der Waals surface area contributed by atoms with Gasteiger partial charge in [-0.1, -0.05) is 40.2 Å². The lowest BCUT2D eigenvalue weighted by molar-refractivity contribution is -0.123. The zero-order chi connectivity index (χ0) is 20.8. The summed E-state index contributed by atoms with van der Waals surface area (Å²) in [5.41, 5.74) is 2.01. The minimum absolute atomic E-state index is 0.101. The molecule has 1 aliphatic heterocycles. The van der Waals surface area contributed by atoms with Gasteiger partial charge in [0.2, 0.25) is 17.7 Å². The summed E-state index contributed by atoms with van der Waals surface area (Å²) in [7, 11) is 0. The second kappa shape index (κ2) is 7.36. The number of hydrogen-bond acceptors (Lipinski definition) is 3. The molecule has 0 radical (unpaired) electrons. The molecule has 1 N–H and O–H groups in total. The highest BCUT2D eigenvalue weighted by Gasteiger charge is 2.59. The predicted molar refractivity (Wildman–Crippen MR) is 118 cm³/mol. The van der Waals surface area contributed by atoms with Crippen molar-refractivity contribution in [2.45, 2.75) is 6.42 Å². The third kappa shape index (κ3) is 3.21. The van der Waals surface area contributed by atoms with Gasteiger partial charge in [-0.2, -0.15) is 0 Å². The number of carbonyl (C=O) groups excluding carboxylic acids is 3. The second-order valence-electron chi connectivity index (χ2n) is 7.94. The lowest BCUT2D eigenvalue weighted by Crippen LogP contribution is -2.32. The van der Waals surface area contributed by atoms with Gasteiger partial charge in [0.05, 0.1) is 17.5 Å². The minimum atomic E-state index is -0.256. The number of nitrogens with one attached hydrogen (secondary N) is 1. The number of benzene rings is 2. The fraction of sp³-hybridized carbons (Fsp3) is 0.208. The monoisotopic (exact) mass is 462 g/mol. The van der Waals surface area contributed by atoms with E-state index in [1.165, 1.54) is 11.0 Å². The first-order chi connectivity index (χ1) is 14.5. The van der Waals surface area contributed by atoms with Crippen molar-refractivity contribution in [1.82, 2.24) is 0 Å². The van der Waals surface area contributed by atoms with Gasteiger partial charge in [-0.05, 0) is 66.3 Å². The third-order valence-electron chi connectivity index (χ3n) is 6.14. The van der Waals surface area contributed by atoms with Gasteiger partial charge in [0.1, 0.15) is 0 Å². The fourth-order valence-electron chi connectivity index (χ4n) is 4.81. The maximum Gasteiger partial charge on any atom is 0.248 e. The normalized spacial score (nSPS) is 26.6. The topological polar surface area (TPSA) is 66.5 Å². The van der Waals surface area contributed by atoms with Gasteiger partial charge in [-0.3, -0.25) is 14.4 Å². The first-order valence-corrected chi connectivity index (χ1v) is 10.7. The average molecular weight is 463 g/mol. The number of nitrogens with zero attached hydrogens (tertiary/aromatic N) is 1. The van der Waals surface area contributed by atoms with E-state index >= 15 is 0 Å². The Balaban J connectivity index is 1.32. The Morgan fingerprint density at radius 2 is 1.67 bits per heavy atom. The molecule has 1 saturated heterocycles. The van der Waals surface area contributed by atoms with E-state index in [-0.39, 0.29) is 41.4 Å². The molecule has 2 fully saturated rings. The van der Waals surface area contributed by atoms with E-state index in [1.54, 1.807) is 36.4 Å². The summed E-state index contributed by atoms with van der Waals surface area (Å²) in [6.07, 6.45) is 8.20. The third-order valence-corrected chi connectivity index (χ3v) is 6.67. The summed E-state index contributed by atoms with van der Waals surface area (Å²) in [5, 5.41) is 2.79. The number of rotatable bonds is 4. The first-order valence-electron chi connectivity index (χ1n) is 9.92. The Morgan fingerprint density at radius 3 is 2.33 bits per heavy atom. The average Bonchev–Trinajstić information content (AvgIpc) is 3.42. The molecule has 150 valence electrons. The Kier molecular flexibility index (Phi) is 4.66. The van der Waals surface area contributed by atoms with Gasteiger partial charge in [-0.15, -0.1) is 0 Å². The van der Waals surface area contributed by atoms with Crippen LogP contribution in [0, 0.1) is 23.7 Å². The lowest BCUT2D eigenvalue weighted by atomic mass is 9.85. The Labute approximate surface area is 182 Å². The first kappa shape index (κ1) is 19.0. The summed E-state index contributed by atoms with van der Waals surface area (Å²) >= 11 is 3.36. The van der Waals surface area contributed by atoms with Crippen molar-refractivity contribution in [1.29, 1.82) is 0 Å². The largest absolute Gasteiger partial charge is 0.323 e. The number of fused-ring (bicyclic) bond motifs is 5. The summed E-state index contributed by atoms with van der Waals surface area (Å²) in [5.74, 6) is -0.523. The Bertz CT molecular complexity index is 1080. The van der Waals surface area contributed by atoms with Crippen molar-refractivity contribution >= 4 is 51.1 Å². The Morgan fingerprint density at radius 1 is 1.00 bits per heavy atom. The molecule has 0 spiro atoms. The van der Waals surface area contributed by atoms with E-state index in [9.17, 15) is 14.4 Å². The van der Waals surface area contributed by atoms with Gasteiger partial charge >= 0.3 is 0 Å². The Hall–Kier alpha value is -2.99. The predicted octanol–water partition coefficient (Wildman–Crippen LogP) is 4.41. The highest BCUT2D eigenvalue weighted by molar-refractivity contribution is 9.10. The van der Waals surface area contributed by atoms with Crippen molar-refractivity contribution in [3.8, 4) is 0 Å². The van der Waals surface area contributed by atoms with Gasteiger partial charge in [0, 0.05) is 16.2 Å². The molecule has 0 unspecified atom stereocenters. The molecule has 0 aromatic heterocycles. The molecule has 2 aromatic carbocycles. The van der Waals surface area contributed by atoms with E-state index in [1.807, 2.05) is 18.2 Å². The van der Waals surface area contributed by atoms with E-state index in [2.05, 4.69) is 33.4 Å². The van der Waals surface area contributed by atoms with Crippen molar-refractivity contribution < 1.29 is 14.4 Å². The quantitative estimate of drug-likeness (QED) is 0.415. The number of carbonyl (C=O) groups is 3.